The Hall–Kier alpha value is -3.22. The Morgan fingerprint density at radius 1 is 1.30 bits per heavy atom. The fourth-order valence-electron chi connectivity index (χ4n) is 2.33. The van der Waals surface area contributed by atoms with E-state index in [1.807, 2.05) is 25.1 Å². The number of aromatic amines is 1. The maximum atomic E-state index is 12.2. The van der Waals surface area contributed by atoms with E-state index in [1.54, 1.807) is 12.1 Å². The fourth-order valence-corrected chi connectivity index (χ4v) is 2.33. The number of nitrogens with one attached hydrogen (secondary N) is 2. The van der Waals surface area contributed by atoms with Gasteiger partial charge in [-0.05, 0) is 24.6 Å². The monoisotopic (exact) mass is 310 g/mol. The van der Waals surface area contributed by atoms with Gasteiger partial charge < -0.3 is 10.3 Å². The average Bonchev–Trinajstić information content (AvgIpc) is 2.95. The number of nitro benzene ring substituents is 1. The van der Waals surface area contributed by atoms with E-state index in [4.69, 9.17) is 0 Å². The smallest absolute Gasteiger partial charge is 0.271 e. The number of fused-ring (bicyclic) bond motifs is 1. The molecule has 7 heteroatoms. The Morgan fingerprint density at radius 3 is 2.83 bits per heavy atom. The fraction of sp³-hybridized carbons (Fsp3) is 0.125. The summed E-state index contributed by atoms with van der Waals surface area (Å²) in [5.74, 6) is 0.358. The minimum Gasteiger partial charge on any atom is -0.345 e. The predicted molar refractivity (Wildman–Crippen MR) is 85.1 cm³/mol. The van der Waals surface area contributed by atoms with Crippen molar-refractivity contribution < 1.29 is 9.72 Å². The predicted octanol–water partition coefficient (Wildman–Crippen LogP) is 2.71. The first kappa shape index (κ1) is 14.7. The maximum absolute atomic E-state index is 12.2. The van der Waals surface area contributed by atoms with Gasteiger partial charge in [-0.3, -0.25) is 14.9 Å². The lowest BCUT2D eigenvalue weighted by atomic mass is 10.1. The summed E-state index contributed by atoms with van der Waals surface area (Å²) in [5.41, 5.74) is 2.69. The van der Waals surface area contributed by atoms with Gasteiger partial charge in [0.05, 0.1) is 22.5 Å². The molecule has 1 heterocycles. The van der Waals surface area contributed by atoms with Gasteiger partial charge in [0.2, 0.25) is 0 Å². The second kappa shape index (κ2) is 5.88. The number of nitro groups is 1. The van der Waals surface area contributed by atoms with Crippen LogP contribution in [-0.4, -0.2) is 20.8 Å². The third-order valence-corrected chi connectivity index (χ3v) is 3.53. The lowest BCUT2D eigenvalue weighted by Crippen LogP contribution is -2.24. The summed E-state index contributed by atoms with van der Waals surface area (Å²) in [6, 6.07) is 11.7. The molecule has 2 N–H and O–H groups in total. The molecule has 0 aliphatic rings. The van der Waals surface area contributed by atoms with Gasteiger partial charge in [-0.25, -0.2) is 4.98 Å². The molecule has 3 rings (SSSR count). The minimum absolute atomic E-state index is 0.00311. The van der Waals surface area contributed by atoms with Crippen molar-refractivity contribution in [2.75, 3.05) is 0 Å². The molecular formula is C16H14N4O3. The molecule has 0 spiro atoms. The van der Waals surface area contributed by atoms with Crippen molar-refractivity contribution in [2.45, 2.75) is 13.5 Å². The first-order valence-electron chi connectivity index (χ1n) is 7.01. The third-order valence-electron chi connectivity index (χ3n) is 3.53. The van der Waals surface area contributed by atoms with Crippen LogP contribution in [0.5, 0.6) is 0 Å². The first-order valence-corrected chi connectivity index (χ1v) is 7.01. The summed E-state index contributed by atoms with van der Waals surface area (Å²) < 4.78 is 0. The summed E-state index contributed by atoms with van der Waals surface area (Å²) in [4.78, 5) is 29.8. The summed E-state index contributed by atoms with van der Waals surface area (Å²) in [7, 11) is 0. The first-order chi connectivity index (χ1) is 11.0. The number of H-pyrrole nitrogens is 1. The normalized spacial score (nSPS) is 10.7. The lowest BCUT2D eigenvalue weighted by Gasteiger charge is -2.05. The molecule has 1 aromatic heterocycles. The van der Waals surface area contributed by atoms with Crippen LogP contribution in [-0.2, 0) is 6.54 Å². The summed E-state index contributed by atoms with van der Waals surface area (Å²) in [6.45, 7) is 2.09. The van der Waals surface area contributed by atoms with Crippen LogP contribution in [0, 0.1) is 17.0 Å². The van der Waals surface area contributed by atoms with E-state index in [0.717, 1.165) is 5.56 Å². The van der Waals surface area contributed by atoms with E-state index < -0.39 is 4.92 Å². The number of carbonyl (C=O) groups excluding carboxylic acids is 1. The number of benzene rings is 2. The molecule has 0 saturated carbocycles. The van der Waals surface area contributed by atoms with E-state index in [1.165, 1.54) is 12.1 Å². The van der Waals surface area contributed by atoms with Crippen LogP contribution in [0.1, 0.15) is 21.7 Å². The topological polar surface area (TPSA) is 101 Å². The van der Waals surface area contributed by atoms with Gasteiger partial charge in [0.25, 0.3) is 11.6 Å². The van der Waals surface area contributed by atoms with Crippen LogP contribution in [0.15, 0.2) is 42.5 Å². The Kier molecular flexibility index (Phi) is 3.76. The minimum atomic E-state index is -0.458. The number of aryl methyl sites for hydroxylation is 1. The number of hydrogen-bond donors (Lipinski definition) is 2. The van der Waals surface area contributed by atoms with Crippen molar-refractivity contribution in [1.82, 2.24) is 15.3 Å². The van der Waals surface area contributed by atoms with Crippen LogP contribution in [0.4, 0.5) is 5.69 Å². The van der Waals surface area contributed by atoms with Gasteiger partial charge >= 0.3 is 0 Å². The summed E-state index contributed by atoms with van der Waals surface area (Å²) >= 11 is 0. The zero-order chi connectivity index (χ0) is 16.4. The molecule has 116 valence electrons. The van der Waals surface area contributed by atoms with Crippen molar-refractivity contribution in [1.29, 1.82) is 0 Å². The number of non-ortho nitro benzene ring substituents is 1. The molecule has 0 aliphatic carbocycles. The van der Waals surface area contributed by atoms with E-state index >= 15 is 0 Å². The number of carbonyl (C=O) groups is 1. The van der Waals surface area contributed by atoms with Crippen LogP contribution >= 0.6 is 0 Å². The second-order valence-electron chi connectivity index (χ2n) is 5.14. The standard InChI is InChI=1S/C16H14N4O3/c1-10-4-2-3-5-12(10)16(21)17-9-15-18-13-7-6-11(20(22)23)8-14(13)19-15/h2-8H,9H2,1H3,(H,17,21)(H,18,19). The zero-order valence-electron chi connectivity index (χ0n) is 12.4. The van der Waals surface area contributed by atoms with Crippen molar-refractivity contribution >= 4 is 22.6 Å². The average molecular weight is 310 g/mol. The van der Waals surface area contributed by atoms with Gasteiger partial charge in [-0.2, -0.15) is 0 Å². The van der Waals surface area contributed by atoms with Gasteiger partial charge in [0, 0.05) is 17.7 Å². The number of amides is 1. The SMILES string of the molecule is Cc1ccccc1C(=O)NCc1nc2ccc([N+](=O)[O-])cc2[nH]1. The molecule has 0 saturated heterocycles. The van der Waals surface area contributed by atoms with Gasteiger partial charge in [0.15, 0.2) is 0 Å². The van der Waals surface area contributed by atoms with Crippen LogP contribution in [0.2, 0.25) is 0 Å². The van der Waals surface area contributed by atoms with E-state index in [2.05, 4.69) is 15.3 Å². The van der Waals surface area contributed by atoms with Gasteiger partial charge in [-0.15, -0.1) is 0 Å². The summed E-state index contributed by atoms with van der Waals surface area (Å²) in [5, 5.41) is 13.6. The molecule has 3 aromatic rings. The number of nitrogens with zero attached hydrogens (tertiary/aromatic N) is 2. The highest BCUT2D eigenvalue weighted by Gasteiger charge is 2.11. The molecule has 0 radical (unpaired) electrons. The quantitative estimate of drug-likeness (QED) is 0.571. The molecule has 0 aliphatic heterocycles. The Balaban J connectivity index is 1.76. The molecule has 1 amide bonds. The maximum Gasteiger partial charge on any atom is 0.271 e. The van der Waals surface area contributed by atoms with Crippen LogP contribution in [0.3, 0.4) is 0 Å². The highest BCUT2D eigenvalue weighted by molar-refractivity contribution is 5.95. The van der Waals surface area contributed by atoms with Gasteiger partial charge in [-0.1, -0.05) is 18.2 Å². The molecule has 23 heavy (non-hydrogen) atoms. The number of rotatable bonds is 4. The third kappa shape index (κ3) is 3.03. The Bertz CT molecular complexity index is 901. The van der Waals surface area contributed by atoms with E-state index in [0.29, 0.717) is 22.4 Å². The lowest BCUT2D eigenvalue weighted by molar-refractivity contribution is -0.384. The van der Waals surface area contributed by atoms with Crippen LogP contribution < -0.4 is 5.32 Å². The van der Waals surface area contributed by atoms with E-state index in [9.17, 15) is 14.9 Å². The zero-order valence-corrected chi connectivity index (χ0v) is 12.4. The second-order valence-corrected chi connectivity index (χ2v) is 5.14. The van der Waals surface area contributed by atoms with Crippen molar-refractivity contribution in [3.8, 4) is 0 Å². The molecule has 2 aromatic carbocycles. The number of imidazole rings is 1. The van der Waals surface area contributed by atoms with Crippen molar-refractivity contribution in [3.63, 3.8) is 0 Å². The van der Waals surface area contributed by atoms with Crippen LogP contribution in [0.25, 0.3) is 11.0 Å². The van der Waals surface area contributed by atoms with Crippen molar-refractivity contribution in [2.24, 2.45) is 0 Å². The molecule has 7 nitrogen and oxygen atoms in total. The van der Waals surface area contributed by atoms with Crippen molar-refractivity contribution in [3.05, 3.63) is 69.5 Å². The molecule has 0 fully saturated rings. The largest absolute Gasteiger partial charge is 0.345 e. The Morgan fingerprint density at radius 2 is 2.09 bits per heavy atom. The molecule has 0 atom stereocenters. The number of hydrogen-bond acceptors (Lipinski definition) is 4. The highest BCUT2D eigenvalue weighted by Crippen LogP contribution is 2.18. The molecule has 0 bridgehead atoms. The number of aromatic nitrogens is 2. The Labute approximate surface area is 131 Å². The van der Waals surface area contributed by atoms with Gasteiger partial charge in [0.1, 0.15) is 5.82 Å². The molecular weight excluding hydrogens is 296 g/mol. The van der Waals surface area contributed by atoms with E-state index in [-0.39, 0.29) is 18.1 Å². The molecule has 0 unspecified atom stereocenters. The highest BCUT2D eigenvalue weighted by atomic mass is 16.6. The summed E-state index contributed by atoms with van der Waals surface area (Å²) in [6.07, 6.45) is 0.